The maximum absolute atomic E-state index is 12.1. The highest BCUT2D eigenvalue weighted by Gasteiger charge is 2.26. The second-order valence-corrected chi connectivity index (χ2v) is 5.73. The molecule has 5 nitrogen and oxygen atoms in total. The Kier molecular flexibility index (Phi) is 5.69. The van der Waals surface area contributed by atoms with Gasteiger partial charge in [0.05, 0.1) is 18.8 Å². The van der Waals surface area contributed by atoms with E-state index >= 15 is 0 Å². The lowest BCUT2D eigenvalue weighted by Gasteiger charge is -2.12. The van der Waals surface area contributed by atoms with E-state index in [2.05, 4.69) is 12.1 Å². The van der Waals surface area contributed by atoms with Crippen LogP contribution in [-0.2, 0) is 9.63 Å². The molecule has 0 saturated heterocycles. The van der Waals surface area contributed by atoms with E-state index in [1.807, 2.05) is 55.5 Å². The lowest BCUT2D eigenvalue weighted by atomic mass is 10.0. The number of nitrogens with zero attached hydrogens (tertiary/aromatic N) is 1. The fraction of sp³-hybridized carbons (Fsp3) is 0.238. The van der Waals surface area contributed by atoms with E-state index in [0.29, 0.717) is 36.0 Å². The average molecular weight is 351 g/mol. The van der Waals surface area contributed by atoms with Gasteiger partial charge in [-0.2, -0.15) is 0 Å². The van der Waals surface area contributed by atoms with Gasteiger partial charge in [0.25, 0.3) is 0 Å². The first-order valence-corrected chi connectivity index (χ1v) is 8.69. The van der Waals surface area contributed by atoms with Gasteiger partial charge in [-0.25, -0.2) is 4.79 Å². The maximum atomic E-state index is 12.1. The molecule has 2 aromatic rings. The van der Waals surface area contributed by atoms with Crippen LogP contribution in [0.1, 0.15) is 31.4 Å². The molecule has 134 valence electrons. The van der Waals surface area contributed by atoms with Crippen molar-refractivity contribution in [3.05, 3.63) is 65.2 Å². The molecule has 0 atom stereocenters. The average Bonchev–Trinajstić information content (AvgIpc) is 3.02. The lowest BCUT2D eigenvalue weighted by Crippen LogP contribution is -2.06. The Morgan fingerprint density at radius 3 is 2.58 bits per heavy atom. The van der Waals surface area contributed by atoms with Crippen LogP contribution in [0.3, 0.4) is 0 Å². The second-order valence-electron chi connectivity index (χ2n) is 5.73. The molecule has 0 aromatic heterocycles. The molecule has 0 bridgehead atoms. The van der Waals surface area contributed by atoms with Crippen molar-refractivity contribution in [3.8, 4) is 11.5 Å². The Morgan fingerprint density at radius 1 is 1.04 bits per heavy atom. The number of carbonyl (C=O) groups is 1. The molecule has 2 aromatic carbocycles. The SMILES string of the molecule is CCCOc1ccc(/C=C2\C(=O)ON=C2c2ccccc2)cc1OCC. The minimum atomic E-state index is -0.465. The fourth-order valence-electron chi connectivity index (χ4n) is 2.59. The predicted molar refractivity (Wildman–Crippen MR) is 100 cm³/mol. The zero-order valence-corrected chi connectivity index (χ0v) is 14.9. The van der Waals surface area contributed by atoms with Crippen LogP contribution in [0.15, 0.2) is 59.3 Å². The highest BCUT2D eigenvalue weighted by molar-refractivity contribution is 6.31. The van der Waals surface area contributed by atoms with Crippen molar-refractivity contribution in [1.82, 2.24) is 0 Å². The molecule has 0 N–H and O–H groups in total. The van der Waals surface area contributed by atoms with E-state index in [1.54, 1.807) is 6.08 Å². The van der Waals surface area contributed by atoms with Gasteiger partial charge >= 0.3 is 5.97 Å². The Morgan fingerprint density at radius 2 is 1.85 bits per heavy atom. The van der Waals surface area contributed by atoms with E-state index in [9.17, 15) is 4.79 Å². The first kappa shape index (κ1) is 17.7. The summed E-state index contributed by atoms with van der Waals surface area (Å²) in [6.07, 6.45) is 2.67. The Hall–Kier alpha value is -3.08. The largest absolute Gasteiger partial charge is 0.490 e. The number of benzene rings is 2. The fourth-order valence-corrected chi connectivity index (χ4v) is 2.59. The van der Waals surface area contributed by atoms with Gasteiger partial charge in [0.15, 0.2) is 11.5 Å². The van der Waals surface area contributed by atoms with E-state index < -0.39 is 5.97 Å². The molecule has 0 radical (unpaired) electrons. The number of carbonyl (C=O) groups excluding carboxylic acids is 1. The minimum Gasteiger partial charge on any atom is -0.490 e. The lowest BCUT2D eigenvalue weighted by molar-refractivity contribution is -0.136. The highest BCUT2D eigenvalue weighted by Crippen LogP contribution is 2.30. The highest BCUT2D eigenvalue weighted by atomic mass is 16.7. The third-order valence-corrected chi connectivity index (χ3v) is 3.78. The molecule has 0 spiro atoms. The van der Waals surface area contributed by atoms with Crippen molar-refractivity contribution in [2.45, 2.75) is 20.3 Å². The van der Waals surface area contributed by atoms with E-state index in [0.717, 1.165) is 17.5 Å². The van der Waals surface area contributed by atoms with Crippen LogP contribution < -0.4 is 9.47 Å². The molecule has 26 heavy (non-hydrogen) atoms. The summed E-state index contributed by atoms with van der Waals surface area (Å²) in [7, 11) is 0. The van der Waals surface area contributed by atoms with Crippen LogP contribution in [0.4, 0.5) is 0 Å². The van der Waals surface area contributed by atoms with Crippen molar-refractivity contribution in [2.75, 3.05) is 13.2 Å². The van der Waals surface area contributed by atoms with Gasteiger partial charge in [-0.1, -0.05) is 48.5 Å². The summed E-state index contributed by atoms with van der Waals surface area (Å²) in [6.45, 7) is 5.12. The van der Waals surface area contributed by atoms with Crippen molar-refractivity contribution in [3.63, 3.8) is 0 Å². The topological polar surface area (TPSA) is 57.1 Å². The Bertz CT molecular complexity index is 840. The van der Waals surface area contributed by atoms with Gasteiger partial charge in [-0.15, -0.1) is 0 Å². The van der Waals surface area contributed by atoms with E-state index in [1.165, 1.54) is 0 Å². The second kappa shape index (κ2) is 8.34. The van der Waals surface area contributed by atoms with Crippen molar-refractivity contribution < 1.29 is 19.1 Å². The zero-order valence-electron chi connectivity index (χ0n) is 14.9. The Labute approximate surface area is 152 Å². The first-order chi connectivity index (χ1) is 12.7. The third-order valence-electron chi connectivity index (χ3n) is 3.78. The number of hydrogen-bond donors (Lipinski definition) is 0. The predicted octanol–water partition coefficient (Wildman–Crippen LogP) is 4.22. The zero-order chi connectivity index (χ0) is 18.4. The van der Waals surface area contributed by atoms with Crippen LogP contribution in [0.2, 0.25) is 0 Å². The molecule has 3 rings (SSSR count). The van der Waals surface area contributed by atoms with Gasteiger partial charge in [-0.3, -0.25) is 0 Å². The van der Waals surface area contributed by atoms with Crippen molar-refractivity contribution in [1.29, 1.82) is 0 Å². The molecular formula is C21H21NO4. The number of rotatable bonds is 7. The number of oxime groups is 1. The van der Waals surface area contributed by atoms with Crippen LogP contribution in [0.25, 0.3) is 6.08 Å². The summed E-state index contributed by atoms with van der Waals surface area (Å²) >= 11 is 0. The smallest absolute Gasteiger partial charge is 0.368 e. The minimum absolute atomic E-state index is 0.417. The van der Waals surface area contributed by atoms with Crippen molar-refractivity contribution >= 4 is 17.8 Å². The van der Waals surface area contributed by atoms with Crippen LogP contribution in [-0.4, -0.2) is 24.9 Å². The third kappa shape index (κ3) is 3.94. The molecule has 0 aliphatic carbocycles. The normalized spacial score (nSPS) is 14.9. The summed E-state index contributed by atoms with van der Waals surface area (Å²) in [4.78, 5) is 17.0. The van der Waals surface area contributed by atoms with Gasteiger partial charge in [0, 0.05) is 5.56 Å². The van der Waals surface area contributed by atoms with Crippen LogP contribution in [0, 0.1) is 0 Å². The van der Waals surface area contributed by atoms with Gasteiger partial charge in [0.1, 0.15) is 5.71 Å². The first-order valence-electron chi connectivity index (χ1n) is 8.69. The summed E-state index contributed by atoms with van der Waals surface area (Å²) < 4.78 is 11.4. The molecule has 5 heteroatoms. The van der Waals surface area contributed by atoms with Gasteiger partial charge < -0.3 is 14.3 Å². The summed E-state index contributed by atoms with van der Waals surface area (Å²) in [6, 6.07) is 15.1. The van der Waals surface area contributed by atoms with E-state index in [-0.39, 0.29) is 0 Å². The van der Waals surface area contributed by atoms with E-state index in [4.69, 9.17) is 14.3 Å². The molecule has 1 aliphatic heterocycles. The quantitative estimate of drug-likeness (QED) is 0.554. The van der Waals surface area contributed by atoms with Crippen LogP contribution in [0.5, 0.6) is 11.5 Å². The number of hydrogen-bond acceptors (Lipinski definition) is 5. The molecule has 1 aliphatic rings. The Balaban J connectivity index is 1.93. The molecule has 1 heterocycles. The summed E-state index contributed by atoms with van der Waals surface area (Å²) in [5.74, 6) is 0.884. The van der Waals surface area contributed by atoms with Gasteiger partial charge in [0.2, 0.25) is 0 Å². The van der Waals surface area contributed by atoms with Crippen LogP contribution >= 0.6 is 0 Å². The molecule has 0 amide bonds. The summed E-state index contributed by atoms with van der Waals surface area (Å²) in [5.41, 5.74) is 2.59. The molecule has 0 fully saturated rings. The standard InChI is InChI=1S/C21H21NO4/c1-3-12-25-18-11-10-15(14-19(18)24-4-2)13-17-20(22-26-21(17)23)16-8-6-5-7-9-16/h5-11,13-14H,3-4,12H2,1-2H3/b17-13-. The van der Waals surface area contributed by atoms with Gasteiger partial charge in [-0.05, 0) is 37.1 Å². The molecule has 0 unspecified atom stereocenters. The molecular weight excluding hydrogens is 330 g/mol. The van der Waals surface area contributed by atoms with Crippen molar-refractivity contribution in [2.24, 2.45) is 5.16 Å². The number of ether oxygens (including phenoxy) is 2. The maximum Gasteiger partial charge on any atom is 0.368 e. The summed E-state index contributed by atoms with van der Waals surface area (Å²) in [5, 5.41) is 3.92. The molecule has 0 saturated carbocycles. The monoisotopic (exact) mass is 351 g/mol.